The normalized spacial score (nSPS) is 10.1. The van der Waals surface area contributed by atoms with Crippen molar-refractivity contribution in [2.45, 2.75) is 13.0 Å². The Bertz CT molecular complexity index is 557. The molecular formula is C16H17FN2S. The first-order valence-electron chi connectivity index (χ1n) is 6.55. The van der Waals surface area contributed by atoms with E-state index in [9.17, 15) is 4.39 Å². The maximum atomic E-state index is 13.4. The highest BCUT2D eigenvalue weighted by Crippen LogP contribution is 2.05. The van der Waals surface area contributed by atoms with Crippen LogP contribution in [0.25, 0.3) is 0 Å². The average Bonchev–Trinajstić information content (AvgIpc) is 2.47. The summed E-state index contributed by atoms with van der Waals surface area (Å²) in [6, 6.07) is 16.9. The summed E-state index contributed by atoms with van der Waals surface area (Å²) in [5, 5.41) is 6.67. The lowest BCUT2D eigenvalue weighted by Gasteiger charge is -2.11. The molecule has 2 nitrogen and oxygen atoms in total. The van der Waals surface area contributed by atoms with E-state index >= 15 is 0 Å². The van der Waals surface area contributed by atoms with E-state index < -0.39 is 0 Å². The first-order chi connectivity index (χ1) is 9.75. The molecule has 0 saturated heterocycles. The van der Waals surface area contributed by atoms with Crippen LogP contribution < -0.4 is 10.6 Å². The molecule has 2 rings (SSSR count). The summed E-state index contributed by atoms with van der Waals surface area (Å²) >= 11 is 5.17. The standard InChI is InChI=1S/C16H17FN2S/c17-15-9-5-4-8-14(15)12-19-16(20)18-11-10-13-6-2-1-3-7-13/h1-9H,10-12H2,(H2,18,19,20). The molecule has 2 aromatic carbocycles. The van der Waals surface area contributed by atoms with Crippen LogP contribution in [0.15, 0.2) is 54.6 Å². The van der Waals surface area contributed by atoms with Crippen molar-refractivity contribution < 1.29 is 4.39 Å². The molecule has 0 saturated carbocycles. The van der Waals surface area contributed by atoms with Gasteiger partial charge in [0.15, 0.2) is 5.11 Å². The van der Waals surface area contributed by atoms with E-state index in [2.05, 4.69) is 22.8 Å². The van der Waals surface area contributed by atoms with Gasteiger partial charge in [-0.2, -0.15) is 0 Å². The summed E-state index contributed by atoms with van der Waals surface area (Å²) in [5.41, 5.74) is 1.87. The third-order valence-corrected chi connectivity index (χ3v) is 3.23. The Kier molecular flexibility index (Phi) is 5.50. The lowest BCUT2D eigenvalue weighted by molar-refractivity contribution is 0.605. The lowest BCUT2D eigenvalue weighted by Crippen LogP contribution is -2.36. The summed E-state index contributed by atoms with van der Waals surface area (Å²) in [6.45, 7) is 1.15. The molecule has 0 aliphatic carbocycles. The van der Waals surface area contributed by atoms with Gasteiger partial charge in [0.1, 0.15) is 5.82 Å². The lowest BCUT2D eigenvalue weighted by atomic mass is 10.1. The molecule has 0 heterocycles. The quantitative estimate of drug-likeness (QED) is 0.827. The Morgan fingerprint density at radius 1 is 0.950 bits per heavy atom. The second kappa shape index (κ2) is 7.60. The molecule has 2 aromatic rings. The van der Waals surface area contributed by atoms with E-state index in [1.807, 2.05) is 24.3 Å². The molecule has 0 spiro atoms. The van der Waals surface area contributed by atoms with E-state index in [1.54, 1.807) is 12.1 Å². The highest BCUT2D eigenvalue weighted by atomic mass is 32.1. The molecule has 0 aliphatic heterocycles. The van der Waals surface area contributed by atoms with Crippen LogP contribution in [0, 0.1) is 5.82 Å². The van der Waals surface area contributed by atoms with Crippen LogP contribution in [-0.4, -0.2) is 11.7 Å². The summed E-state index contributed by atoms with van der Waals surface area (Å²) in [5.74, 6) is -0.216. The zero-order chi connectivity index (χ0) is 14.2. The van der Waals surface area contributed by atoms with Gasteiger partial charge in [0.05, 0.1) is 0 Å². The van der Waals surface area contributed by atoms with E-state index in [1.165, 1.54) is 11.6 Å². The van der Waals surface area contributed by atoms with Crippen molar-refractivity contribution in [3.63, 3.8) is 0 Å². The van der Waals surface area contributed by atoms with Gasteiger partial charge in [0, 0.05) is 18.7 Å². The predicted octanol–water partition coefficient (Wildman–Crippen LogP) is 3.03. The third-order valence-electron chi connectivity index (χ3n) is 2.94. The predicted molar refractivity (Wildman–Crippen MR) is 84.0 cm³/mol. The third kappa shape index (κ3) is 4.63. The molecule has 0 bridgehead atoms. The Hall–Kier alpha value is -1.94. The topological polar surface area (TPSA) is 24.1 Å². The fourth-order valence-corrected chi connectivity index (χ4v) is 2.02. The van der Waals surface area contributed by atoms with Crippen molar-refractivity contribution in [2.24, 2.45) is 0 Å². The van der Waals surface area contributed by atoms with Gasteiger partial charge >= 0.3 is 0 Å². The van der Waals surface area contributed by atoms with E-state index in [0.29, 0.717) is 17.2 Å². The molecule has 0 atom stereocenters. The van der Waals surface area contributed by atoms with Crippen molar-refractivity contribution in [1.82, 2.24) is 10.6 Å². The Morgan fingerprint density at radius 3 is 2.40 bits per heavy atom. The van der Waals surface area contributed by atoms with Crippen molar-refractivity contribution in [2.75, 3.05) is 6.54 Å². The minimum absolute atomic E-state index is 0.216. The first kappa shape index (κ1) is 14.5. The van der Waals surface area contributed by atoms with Crippen LogP contribution >= 0.6 is 12.2 Å². The van der Waals surface area contributed by atoms with E-state index in [-0.39, 0.29) is 5.82 Å². The summed E-state index contributed by atoms with van der Waals surface area (Å²) in [6.07, 6.45) is 0.905. The Labute approximate surface area is 124 Å². The Balaban J connectivity index is 1.70. The molecular weight excluding hydrogens is 271 g/mol. The molecule has 0 fully saturated rings. The summed E-state index contributed by atoms with van der Waals surface area (Å²) < 4.78 is 13.4. The number of hydrogen-bond donors (Lipinski definition) is 2. The molecule has 2 N–H and O–H groups in total. The number of nitrogens with one attached hydrogen (secondary N) is 2. The van der Waals surface area contributed by atoms with Crippen LogP contribution in [0.2, 0.25) is 0 Å². The van der Waals surface area contributed by atoms with Gasteiger partial charge in [-0.05, 0) is 30.3 Å². The highest BCUT2D eigenvalue weighted by molar-refractivity contribution is 7.80. The zero-order valence-corrected chi connectivity index (χ0v) is 11.9. The van der Waals surface area contributed by atoms with Gasteiger partial charge in [0.25, 0.3) is 0 Å². The molecule has 0 aliphatic rings. The van der Waals surface area contributed by atoms with Crippen molar-refractivity contribution in [3.05, 3.63) is 71.5 Å². The maximum absolute atomic E-state index is 13.4. The van der Waals surface area contributed by atoms with Gasteiger partial charge < -0.3 is 10.6 Å². The fraction of sp³-hybridized carbons (Fsp3) is 0.188. The molecule has 0 amide bonds. The molecule has 20 heavy (non-hydrogen) atoms. The van der Waals surface area contributed by atoms with Crippen molar-refractivity contribution in [1.29, 1.82) is 0 Å². The summed E-state index contributed by atoms with van der Waals surface area (Å²) in [4.78, 5) is 0. The molecule has 4 heteroatoms. The van der Waals surface area contributed by atoms with Gasteiger partial charge in [-0.3, -0.25) is 0 Å². The van der Waals surface area contributed by atoms with Crippen molar-refractivity contribution >= 4 is 17.3 Å². The monoisotopic (exact) mass is 288 g/mol. The van der Waals surface area contributed by atoms with Crippen molar-refractivity contribution in [3.8, 4) is 0 Å². The minimum atomic E-state index is -0.216. The first-order valence-corrected chi connectivity index (χ1v) is 6.95. The molecule has 104 valence electrons. The van der Waals surface area contributed by atoms with Gasteiger partial charge in [-0.25, -0.2) is 4.39 Å². The van der Waals surface area contributed by atoms with E-state index in [0.717, 1.165) is 13.0 Å². The molecule has 0 unspecified atom stereocenters. The van der Waals surface area contributed by atoms with Gasteiger partial charge in [-0.1, -0.05) is 48.5 Å². The molecule has 0 aromatic heterocycles. The number of benzene rings is 2. The number of rotatable bonds is 5. The zero-order valence-electron chi connectivity index (χ0n) is 11.1. The SMILES string of the molecule is Fc1ccccc1CNC(=S)NCCc1ccccc1. The summed E-state index contributed by atoms with van der Waals surface area (Å²) in [7, 11) is 0. The Morgan fingerprint density at radius 2 is 1.65 bits per heavy atom. The second-order valence-corrected chi connectivity index (χ2v) is 4.84. The number of halogens is 1. The van der Waals surface area contributed by atoms with E-state index in [4.69, 9.17) is 12.2 Å². The maximum Gasteiger partial charge on any atom is 0.166 e. The molecule has 0 radical (unpaired) electrons. The minimum Gasteiger partial charge on any atom is -0.362 e. The number of hydrogen-bond acceptors (Lipinski definition) is 1. The van der Waals surface area contributed by atoms with Crippen LogP contribution in [0.3, 0.4) is 0 Å². The fourth-order valence-electron chi connectivity index (χ4n) is 1.84. The smallest absolute Gasteiger partial charge is 0.166 e. The van der Waals surface area contributed by atoms with Crippen LogP contribution in [0.1, 0.15) is 11.1 Å². The van der Waals surface area contributed by atoms with Gasteiger partial charge in [0.2, 0.25) is 0 Å². The largest absolute Gasteiger partial charge is 0.362 e. The van der Waals surface area contributed by atoms with Crippen LogP contribution in [-0.2, 0) is 13.0 Å². The van der Waals surface area contributed by atoms with Crippen LogP contribution in [0.5, 0.6) is 0 Å². The average molecular weight is 288 g/mol. The van der Waals surface area contributed by atoms with Crippen LogP contribution in [0.4, 0.5) is 4.39 Å². The van der Waals surface area contributed by atoms with Gasteiger partial charge in [-0.15, -0.1) is 0 Å². The number of thiocarbonyl (C=S) groups is 1. The second-order valence-electron chi connectivity index (χ2n) is 4.44. The highest BCUT2D eigenvalue weighted by Gasteiger charge is 2.01.